The number of ether oxygens (including phenoxy) is 1. The highest BCUT2D eigenvalue weighted by molar-refractivity contribution is 7.84. The molecule has 1 unspecified atom stereocenters. The Hall–Kier alpha value is -3.79. The maximum Gasteiger partial charge on any atom is 0.141 e. The Kier molecular flexibility index (Phi) is 8.97. The number of hydrogen-bond acceptors (Lipinski definition) is 7. The quantitative estimate of drug-likeness (QED) is 0.171. The Balaban J connectivity index is 1.37. The van der Waals surface area contributed by atoms with Crippen LogP contribution in [0, 0.1) is 5.82 Å². The zero-order chi connectivity index (χ0) is 28.9. The summed E-state index contributed by atoms with van der Waals surface area (Å²) < 4.78 is 37.5. The van der Waals surface area contributed by atoms with E-state index in [2.05, 4.69) is 27.1 Å². The molecule has 0 spiro atoms. The molecule has 2 atom stereocenters. The average Bonchev–Trinajstić information content (AvgIpc) is 3.45. The number of fused-ring (bicyclic) bond motifs is 1. The summed E-state index contributed by atoms with van der Waals surface area (Å²) in [5, 5.41) is 4.55. The van der Waals surface area contributed by atoms with E-state index in [4.69, 9.17) is 20.8 Å². The Bertz CT molecular complexity index is 1700. The summed E-state index contributed by atoms with van der Waals surface area (Å²) in [5.74, 6) is 2.76. The van der Waals surface area contributed by atoms with E-state index in [0.717, 1.165) is 34.5 Å². The van der Waals surface area contributed by atoms with Crippen molar-refractivity contribution < 1.29 is 17.8 Å². The zero-order valence-corrected chi connectivity index (χ0v) is 24.5. The van der Waals surface area contributed by atoms with Gasteiger partial charge in [-0.25, -0.2) is 14.4 Å². The Morgan fingerprint density at radius 1 is 1.10 bits per heavy atom. The van der Waals surface area contributed by atoms with E-state index in [9.17, 15) is 8.60 Å². The van der Waals surface area contributed by atoms with Crippen molar-refractivity contribution in [3.63, 3.8) is 0 Å². The molecular formula is C31H30ClFN4O3S. The third kappa shape index (κ3) is 6.93. The second-order valence-electron chi connectivity index (χ2n) is 9.67. The van der Waals surface area contributed by atoms with Gasteiger partial charge in [-0.05, 0) is 79.8 Å². The van der Waals surface area contributed by atoms with Crippen LogP contribution in [0.3, 0.4) is 0 Å². The molecule has 2 aromatic heterocycles. The van der Waals surface area contributed by atoms with Crippen LogP contribution in [0.25, 0.3) is 22.2 Å². The van der Waals surface area contributed by atoms with Crippen LogP contribution < -0.4 is 10.1 Å². The summed E-state index contributed by atoms with van der Waals surface area (Å²) in [4.78, 5) is 11.0. The predicted molar refractivity (Wildman–Crippen MR) is 163 cm³/mol. The van der Waals surface area contributed by atoms with Crippen molar-refractivity contribution in [3.05, 3.63) is 101 Å². The first-order chi connectivity index (χ1) is 19.8. The Labute approximate surface area is 245 Å². The van der Waals surface area contributed by atoms with Crippen LogP contribution in [0.5, 0.6) is 5.75 Å². The highest BCUT2D eigenvalue weighted by Gasteiger charge is 2.22. The lowest BCUT2D eigenvalue weighted by molar-refractivity contribution is 0.247. The van der Waals surface area contributed by atoms with E-state index in [-0.39, 0.29) is 18.5 Å². The van der Waals surface area contributed by atoms with Gasteiger partial charge in [-0.2, -0.15) is 0 Å². The highest BCUT2D eigenvalue weighted by atomic mass is 35.5. The first-order valence-corrected chi connectivity index (χ1v) is 15.2. The van der Waals surface area contributed by atoms with Gasteiger partial charge in [-0.1, -0.05) is 30.7 Å². The fraction of sp³-hybridized carbons (Fsp3) is 0.226. The minimum atomic E-state index is -0.967. The molecule has 212 valence electrons. The van der Waals surface area contributed by atoms with Crippen molar-refractivity contribution in [2.24, 2.45) is 0 Å². The second-order valence-corrected chi connectivity index (χ2v) is 11.6. The van der Waals surface area contributed by atoms with Crippen LogP contribution in [0.15, 0.2) is 83.5 Å². The van der Waals surface area contributed by atoms with E-state index in [1.165, 1.54) is 18.5 Å². The number of nitrogens with one attached hydrogen (secondary N) is 1. The molecule has 2 heterocycles. The molecule has 0 amide bonds. The molecule has 0 saturated heterocycles. The molecule has 10 heteroatoms. The molecule has 0 aliphatic carbocycles. The lowest BCUT2D eigenvalue weighted by Gasteiger charge is -2.24. The van der Waals surface area contributed by atoms with E-state index >= 15 is 0 Å². The van der Waals surface area contributed by atoms with Crippen molar-refractivity contribution in [1.82, 2.24) is 14.9 Å². The number of halogens is 2. The molecule has 5 rings (SSSR count). The third-order valence-corrected chi connectivity index (χ3v) is 7.86. The Morgan fingerprint density at radius 2 is 1.95 bits per heavy atom. The summed E-state index contributed by atoms with van der Waals surface area (Å²) in [6.07, 6.45) is 3.21. The van der Waals surface area contributed by atoms with Crippen molar-refractivity contribution in [2.75, 3.05) is 30.9 Å². The van der Waals surface area contributed by atoms with Crippen LogP contribution >= 0.6 is 11.6 Å². The first-order valence-electron chi connectivity index (χ1n) is 13.1. The van der Waals surface area contributed by atoms with Crippen LogP contribution in [0.2, 0.25) is 5.02 Å². The summed E-state index contributed by atoms with van der Waals surface area (Å²) in [6, 6.07) is 21.3. The first kappa shape index (κ1) is 28.7. The summed E-state index contributed by atoms with van der Waals surface area (Å²) in [6.45, 7) is 3.07. The number of hydrogen-bond donors (Lipinski definition) is 1. The Morgan fingerprint density at radius 3 is 2.71 bits per heavy atom. The molecule has 5 aromatic rings. The average molecular weight is 593 g/mol. The van der Waals surface area contributed by atoms with Gasteiger partial charge in [0, 0.05) is 39.4 Å². The van der Waals surface area contributed by atoms with E-state index in [0.29, 0.717) is 33.7 Å². The fourth-order valence-corrected chi connectivity index (χ4v) is 5.58. The number of aromatic nitrogens is 2. The van der Waals surface area contributed by atoms with Crippen LogP contribution in [0.4, 0.5) is 15.9 Å². The van der Waals surface area contributed by atoms with Crippen LogP contribution in [-0.4, -0.2) is 44.7 Å². The molecule has 0 radical (unpaired) electrons. The number of nitrogens with zero attached hydrogens (tertiary/aromatic N) is 3. The smallest absolute Gasteiger partial charge is 0.141 e. The zero-order valence-electron chi connectivity index (χ0n) is 22.9. The van der Waals surface area contributed by atoms with E-state index in [1.54, 1.807) is 30.5 Å². The van der Waals surface area contributed by atoms with Gasteiger partial charge in [0.15, 0.2) is 0 Å². The third-order valence-electron chi connectivity index (χ3n) is 6.78. The van der Waals surface area contributed by atoms with Gasteiger partial charge >= 0.3 is 0 Å². The summed E-state index contributed by atoms with van der Waals surface area (Å²) in [5.41, 5.74) is 3.07. The summed E-state index contributed by atoms with van der Waals surface area (Å²) in [7, 11) is 1.03. The lowest BCUT2D eigenvalue weighted by Crippen LogP contribution is -2.28. The standard InChI is InChI=1S/C31H30ClFN4O3S/c1-4-37(2)27(18-41(3)38)30-13-12-28(40-30)21-8-10-26-24(15-21)31(35-19-34-26)36-23-9-11-29(25(32)16-23)39-17-20-6-5-7-22(33)14-20/h5-16,19,27H,4,17-18H2,1-3H3,(H,34,35,36)/t27-,41?/m0/s1. The van der Waals surface area contributed by atoms with Crippen LogP contribution in [0.1, 0.15) is 24.3 Å². The number of benzene rings is 3. The number of furan rings is 1. The molecule has 3 aromatic carbocycles. The highest BCUT2D eigenvalue weighted by Crippen LogP contribution is 2.34. The normalized spacial score (nSPS) is 12.9. The van der Waals surface area contributed by atoms with Gasteiger partial charge in [0.1, 0.15) is 41.8 Å². The fourth-order valence-electron chi connectivity index (χ4n) is 4.49. The minimum absolute atomic E-state index is 0.0776. The molecule has 0 aliphatic heterocycles. The van der Waals surface area contributed by atoms with Crippen LogP contribution in [-0.2, 0) is 17.4 Å². The number of rotatable bonds is 11. The minimum Gasteiger partial charge on any atom is -0.487 e. The SMILES string of the molecule is CCN(C)[C@@H](CS(C)=O)c1ccc(-c2ccc3ncnc(Nc4ccc(OCc5cccc(F)c5)c(Cl)c4)c3c2)o1. The summed E-state index contributed by atoms with van der Waals surface area (Å²) >= 11 is 6.50. The lowest BCUT2D eigenvalue weighted by atomic mass is 10.1. The van der Waals surface area contributed by atoms with Crippen molar-refractivity contribution in [1.29, 1.82) is 0 Å². The van der Waals surface area contributed by atoms with Crippen molar-refractivity contribution in [2.45, 2.75) is 19.6 Å². The van der Waals surface area contributed by atoms with Gasteiger partial charge < -0.3 is 14.5 Å². The molecule has 7 nitrogen and oxygen atoms in total. The van der Waals surface area contributed by atoms with Gasteiger partial charge in [0.25, 0.3) is 0 Å². The molecule has 0 aliphatic rings. The topological polar surface area (TPSA) is 80.5 Å². The molecule has 1 N–H and O–H groups in total. The maximum absolute atomic E-state index is 13.5. The molecule has 0 saturated carbocycles. The van der Waals surface area contributed by atoms with Crippen molar-refractivity contribution >= 4 is 44.8 Å². The van der Waals surface area contributed by atoms with Crippen molar-refractivity contribution in [3.8, 4) is 17.1 Å². The van der Waals surface area contributed by atoms with Gasteiger partial charge in [0.2, 0.25) is 0 Å². The van der Waals surface area contributed by atoms with E-state index in [1.807, 2.05) is 43.4 Å². The van der Waals surface area contributed by atoms with Gasteiger partial charge in [0.05, 0.1) is 16.6 Å². The molecular weight excluding hydrogens is 563 g/mol. The monoisotopic (exact) mass is 592 g/mol. The molecule has 0 fully saturated rings. The van der Waals surface area contributed by atoms with Gasteiger partial charge in [-0.3, -0.25) is 9.11 Å². The maximum atomic E-state index is 13.5. The van der Waals surface area contributed by atoms with Gasteiger partial charge in [-0.15, -0.1) is 0 Å². The van der Waals surface area contributed by atoms with E-state index < -0.39 is 10.8 Å². The molecule has 41 heavy (non-hydrogen) atoms. The number of anilines is 2. The predicted octanol–water partition coefficient (Wildman–Crippen LogP) is 7.38. The second kappa shape index (κ2) is 12.8. The largest absolute Gasteiger partial charge is 0.487 e. The molecule has 0 bridgehead atoms.